The van der Waals surface area contributed by atoms with Gasteiger partial charge in [0.25, 0.3) is 0 Å². The molecule has 0 bridgehead atoms. The van der Waals surface area contributed by atoms with Crippen molar-refractivity contribution < 1.29 is 9.53 Å². The van der Waals surface area contributed by atoms with Crippen LogP contribution in [0.2, 0.25) is 0 Å². The summed E-state index contributed by atoms with van der Waals surface area (Å²) in [5, 5.41) is 0. The lowest BCUT2D eigenvalue weighted by molar-refractivity contribution is -0.153. The van der Waals surface area contributed by atoms with Crippen LogP contribution in [0.3, 0.4) is 0 Å². The molecule has 0 N–H and O–H groups in total. The number of carbonyl (C=O) groups excluding carboxylic acids is 1. The zero-order chi connectivity index (χ0) is 12.3. The maximum Gasteiger partial charge on any atom is 0.302 e. The Kier molecular flexibility index (Phi) is 4.40. The summed E-state index contributed by atoms with van der Waals surface area (Å²) in [6, 6.07) is 0. The Bertz CT molecular complexity index is 237. The summed E-state index contributed by atoms with van der Waals surface area (Å²) in [5.74, 6) is 1.49. The maximum atomic E-state index is 11.0. The Balaban J connectivity index is 2.52. The van der Waals surface area contributed by atoms with Crippen molar-refractivity contribution in [3.05, 3.63) is 0 Å². The third-order valence-corrected chi connectivity index (χ3v) is 4.44. The third kappa shape index (κ3) is 3.23. The Hall–Kier alpha value is -0.530. The molecular formula is C14H26O2. The van der Waals surface area contributed by atoms with E-state index in [9.17, 15) is 4.79 Å². The van der Waals surface area contributed by atoms with E-state index in [2.05, 4.69) is 20.8 Å². The SMILES string of the molecule is CC(=O)OC(C)C1(C)CCC(C(C)C)CC1. The van der Waals surface area contributed by atoms with Gasteiger partial charge in [-0.1, -0.05) is 20.8 Å². The van der Waals surface area contributed by atoms with Gasteiger partial charge in [-0.25, -0.2) is 0 Å². The molecule has 94 valence electrons. The van der Waals surface area contributed by atoms with Gasteiger partial charge >= 0.3 is 5.97 Å². The van der Waals surface area contributed by atoms with E-state index in [1.54, 1.807) is 0 Å². The van der Waals surface area contributed by atoms with Crippen LogP contribution in [-0.4, -0.2) is 12.1 Å². The van der Waals surface area contributed by atoms with Crippen LogP contribution in [0.25, 0.3) is 0 Å². The molecular weight excluding hydrogens is 200 g/mol. The lowest BCUT2D eigenvalue weighted by Gasteiger charge is -2.42. The fourth-order valence-electron chi connectivity index (χ4n) is 2.76. The highest BCUT2D eigenvalue weighted by molar-refractivity contribution is 5.66. The van der Waals surface area contributed by atoms with Crippen molar-refractivity contribution in [1.82, 2.24) is 0 Å². The summed E-state index contributed by atoms with van der Waals surface area (Å²) < 4.78 is 5.35. The molecule has 1 saturated carbocycles. The number of hydrogen-bond acceptors (Lipinski definition) is 2. The normalized spacial score (nSPS) is 32.5. The van der Waals surface area contributed by atoms with Gasteiger partial charge in [0.2, 0.25) is 0 Å². The van der Waals surface area contributed by atoms with Gasteiger partial charge < -0.3 is 4.74 Å². The molecule has 1 aliphatic rings. The molecule has 0 heterocycles. The molecule has 0 aromatic heterocycles. The largest absolute Gasteiger partial charge is 0.462 e. The van der Waals surface area contributed by atoms with Crippen molar-refractivity contribution in [2.24, 2.45) is 17.3 Å². The molecule has 1 fully saturated rings. The first kappa shape index (κ1) is 13.5. The van der Waals surface area contributed by atoms with E-state index in [0.29, 0.717) is 0 Å². The predicted molar refractivity (Wildman–Crippen MR) is 66.1 cm³/mol. The Morgan fingerprint density at radius 1 is 1.25 bits per heavy atom. The zero-order valence-electron chi connectivity index (χ0n) is 11.4. The highest BCUT2D eigenvalue weighted by Gasteiger charge is 2.37. The molecule has 1 unspecified atom stereocenters. The second kappa shape index (κ2) is 5.20. The van der Waals surface area contributed by atoms with Gasteiger partial charge in [-0.15, -0.1) is 0 Å². The molecule has 2 nitrogen and oxygen atoms in total. The van der Waals surface area contributed by atoms with Crippen LogP contribution in [0.1, 0.15) is 60.3 Å². The highest BCUT2D eigenvalue weighted by atomic mass is 16.5. The van der Waals surface area contributed by atoms with Crippen LogP contribution < -0.4 is 0 Å². The van der Waals surface area contributed by atoms with Crippen LogP contribution in [0.5, 0.6) is 0 Å². The van der Waals surface area contributed by atoms with E-state index in [1.807, 2.05) is 6.92 Å². The first-order valence-corrected chi connectivity index (χ1v) is 6.52. The molecule has 0 aromatic carbocycles. The van der Waals surface area contributed by atoms with E-state index >= 15 is 0 Å². The predicted octanol–water partition coefficient (Wildman–Crippen LogP) is 3.79. The average Bonchev–Trinajstić information content (AvgIpc) is 2.17. The quantitative estimate of drug-likeness (QED) is 0.684. The summed E-state index contributed by atoms with van der Waals surface area (Å²) in [7, 11) is 0. The van der Waals surface area contributed by atoms with Gasteiger partial charge in [-0.2, -0.15) is 0 Å². The van der Waals surface area contributed by atoms with Crippen LogP contribution in [0.15, 0.2) is 0 Å². The number of ether oxygens (including phenoxy) is 1. The first-order valence-electron chi connectivity index (χ1n) is 6.52. The summed E-state index contributed by atoms with van der Waals surface area (Å²) in [6.07, 6.45) is 4.98. The Morgan fingerprint density at radius 2 is 1.75 bits per heavy atom. The van der Waals surface area contributed by atoms with Gasteiger partial charge in [0.1, 0.15) is 6.10 Å². The minimum atomic E-state index is -0.153. The van der Waals surface area contributed by atoms with Gasteiger partial charge in [-0.05, 0) is 44.4 Å². The second-order valence-electron chi connectivity index (χ2n) is 5.99. The number of hydrogen-bond donors (Lipinski definition) is 0. The van der Waals surface area contributed by atoms with Gasteiger partial charge in [-0.3, -0.25) is 4.79 Å². The lowest BCUT2D eigenvalue weighted by Crippen LogP contribution is -2.37. The molecule has 0 spiro atoms. The zero-order valence-corrected chi connectivity index (χ0v) is 11.4. The third-order valence-electron chi connectivity index (χ3n) is 4.44. The topological polar surface area (TPSA) is 26.3 Å². The average molecular weight is 226 g/mol. The summed E-state index contributed by atoms with van der Waals surface area (Å²) >= 11 is 0. The molecule has 0 aliphatic heterocycles. The molecule has 0 radical (unpaired) electrons. The van der Waals surface area contributed by atoms with Crippen LogP contribution in [-0.2, 0) is 9.53 Å². The van der Waals surface area contributed by atoms with Gasteiger partial charge in [0, 0.05) is 12.3 Å². The van der Waals surface area contributed by atoms with Gasteiger partial charge in [0.05, 0.1) is 0 Å². The summed E-state index contributed by atoms with van der Waals surface area (Å²) in [5.41, 5.74) is 0.192. The molecule has 1 atom stereocenters. The van der Waals surface area contributed by atoms with Gasteiger partial charge in [0.15, 0.2) is 0 Å². The number of rotatable bonds is 3. The minimum absolute atomic E-state index is 0.0538. The maximum absolute atomic E-state index is 11.0. The van der Waals surface area contributed by atoms with Crippen LogP contribution in [0.4, 0.5) is 0 Å². The van der Waals surface area contributed by atoms with Crippen molar-refractivity contribution in [3.8, 4) is 0 Å². The fraction of sp³-hybridized carbons (Fsp3) is 0.929. The molecule has 1 rings (SSSR count). The van der Waals surface area contributed by atoms with E-state index < -0.39 is 0 Å². The monoisotopic (exact) mass is 226 g/mol. The van der Waals surface area contributed by atoms with Crippen molar-refractivity contribution in [2.45, 2.75) is 66.4 Å². The van der Waals surface area contributed by atoms with E-state index in [-0.39, 0.29) is 17.5 Å². The first-order chi connectivity index (χ1) is 7.35. The molecule has 1 aliphatic carbocycles. The minimum Gasteiger partial charge on any atom is -0.462 e. The summed E-state index contributed by atoms with van der Waals surface area (Å²) in [4.78, 5) is 11.0. The lowest BCUT2D eigenvalue weighted by atomic mass is 9.67. The highest BCUT2D eigenvalue weighted by Crippen LogP contribution is 2.44. The van der Waals surface area contributed by atoms with Crippen molar-refractivity contribution in [3.63, 3.8) is 0 Å². The van der Waals surface area contributed by atoms with E-state index in [4.69, 9.17) is 4.74 Å². The standard InChI is InChI=1S/C14H26O2/c1-10(2)13-6-8-14(5,9-7-13)11(3)16-12(4)15/h10-11,13H,6-9H2,1-5H3. The Morgan fingerprint density at radius 3 is 2.12 bits per heavy atom. The smallest absolute Gasteiger partial charge is 0.302 e. The van der Waals surface area contributed by atoms with Crippen molar-refractivity contribution >= 4 is 5.97 Å². The number of esters is 1. The fourth-order valence-corrected chi connectivity index (χ4v) is 2.76. The molecule has 0 amide bonds. The second-order valence-corrected chi connectivity index (χ2v) is 5.99. The van der Waals surface area contributed by atoms with Crippen molar-refractivity contribution in [2.75, 3.05) is 0 Å². The molecule has 2 heteroatoms. The van der Waals surface area contributed by atoms with E-state index in [0.717, 1.165) is 11.8 Å². The van der Waals surface area contributed by atoms with E-state index in [1.165, 1.54) is 32.6 Å². The van der Waals surface area contributed by atoms with Crippen LogP contribution >= 0.6 is 0 Å². The Labute approximate surface area is 99.8 Å². The molecule has 16 heavy (non-hydrogen) atoms. The van der Waals surface area contributed by atoms with Crippen molar-refractivity contribution in [1.29, 1.82) is 0 Å². The summed E-state index contributed by atoms with van der Waals surface area (Å²) in [6.45, 7) is 10.4. The molecule has 0 aromatic rings. The van der Waals surface area contributed by atoms with Crippen LogP contribution in [0, 0.1) is 17.3 Å². The number of carbonyl (C=O) groups is 1. The molecule has 0 saturated heterocycles.